The Morgan fingerprint density at radius 1 is 1.21 bits per heavy atom. The van der Waals surface area contributed by atoms with Gasteiger partial charge < -0.3 is 0 Å². The third-order valence-electron chi connectivity index (χ3n) is 4.37. The van der Waals surface area contributed by atoms with Gasteiger partial charge in [-0.2, -0.15) is 13.2 Å². The lowest BCUT2D eigenvalue weighted by molar-refractivity contribution is -0.138. The summed E-state index contributed by atoms with van der Waals surface area (Å²) in [7, 11) is 0. The summed E-state index contributed by atoms with van der Waals surface area (Å²) in [4.78, 5) is 16.0. The normalized spacial score (nSPS) is 23.3. The summed E-state index contributed by atoms with van der Waals surface area (Å²) < 4.78 is 52.4. The number of halogens is 4. The van der Waals surface area contributed by atoms with Crippen molar-refractivity contribution in [2.45, 2.75) is 56.6 Å². The van der Waals surface area contributed by atoms with E-state index in [1.54, 1.807) is 13.0 Å². The molecule has 0 N–H and O–H groups in total. The Balaban J connectivity index is 2.23. The van der Waals surface area contributed by atoms with E-state index >= 15 is 0 Å². The summed E-state index contributed by atoms with van der Waals surface area (Å²) in [6, 6.07) is 5.35. The third kappa shape index (κ3) is 3.50. The van der Waals surface area contributed by atoms with Crippen molar-refractivity contribution in [2.75, 3.05) is 0 Å². The van der Waals surface area contributed by atoms with Crippen molar-refractivity contribution in [1.82, 2.24) is 0 Å². The van der Waals surface area contributed by atoms with Crippen molar-refractivity contribution >= 4 is 22.7 Å². The molecule has 0 aliphatic carbocycles. The average molecular weight is 361 g/mol. The molecule has 0 saturated heterocycles. The number of carbonyl (C=O) groups is 1. The average Bonchev–Trinajstić information content (AvgIpc) is 2.73. The van der Waals surface area contributed by atoms with Crippen molar-refractivity contribution in [2.24, 2.45) is 4.99 Å². The Labute approximate surface area is 142 Å². The van der Waals surface area contributed by atoms with Gasteiger partial charge in [-0.3, -0.25) is 4.79 Å². The molecule has 0 saturated carbocycles. The van der Waals surface area contributed by atoms with E-state index in [9.17, 15) is 22.4 Å². The van der Waals surface area contributed by atoms with Gasteiger partial charge in [0.15, 0.2) is 0 Å². The fraction of sp³-hybridized carbons (Fsp3) is 0.529. The first-order valence-electron chi connectivity index (χ1n) is 7.52. The fourth-order valence-corrected chi connectivity index (χ4v) is 3.85. The minimum absolute atomic E-state index is 0.147. The van der Waals surface area contributed by atoms with Gasteiger partial charge in [0, 0.05) is 6.42 Å². The molecule has 0 radical (unpaired) electrons. The summed E-state index contributed by atoms with van der Waals surface area (Å²) in [5.41, 5.74) is -2.33. The highest BCUT2D eigenvalue weighted by molar-refractivity contribution is 8.16. The molecule has 1 amide bonds. The zero-order valence-corrected chi connectivity index (χ0v) is 14.7. The first kappa shape index (κ1) is 19.0. The van der Waals surface area contributed by atoms with Crippen LogP contribution in [-0.2, 0) is 11.0 Å². The largest absolute Gasteiger partial charge is 0.416 e. The second-order valence-corrected chi connectivity index (χ2v) is 8.10. The summed E-state index contributed by atoms with van der Waals surface area (Å²) in [5, 5.41) is 0.373. The molecule has 0 aromatic heterocycles. The predicted molar refractivity (Wildman–Crippen MR) is 88.1 cm³/mol. The Morgan fingerprint density at radius 3 is 2.29 bits per heavy atom. The van der Waals surface area contributed by atoms with Gasteiger partial charge in [0.05, 0.1) is 10.6 Å². The number of aliphatic imine (C=N–C) groups is 1. The molecule has 1 aliphatic rings. The lowest BCUT2D eigenvalue weighted by Gasteiger charge is -2.31. The van der Waals surface area contributed by atoms with Crippen molar-refractivity contribution < 1.29 is 22.4 Å². The molecule has 1 aliphatic heterocycles. The van der Waals surface area contributed by atoms with Crippen LogP contribution in [0.2, 0.25) is 0 Å². The Hall–Kier alpha value is -1.37. The van der Waals surface area contributed by atoms with Crippen molar-refractivity contribution in [3.05, 3.63) is 35.4 Å². The third-order valence-corrected chi connectivity index (χ3v) is 5.93. The summed E-state index contributed by atoms with van der Waals surface area (Å²) in [6.07, 6.45) is -4.28. The Kier molecular flexibility index (Phi) is 4.87. The lowest BCUT2D eigenvalue weighted by Crippen LogP contribution is -2.45. The van der Waals surface area contributed by atoms with Gasteiger partial charge in [-0.15, -0.1) is 0 Å². The number of nitrogens with zero attached hydrogens (tertiary/aromatic N) is 1. The first-order chi connectivity index (χ1) is 10.9. The van der Waals surface area contributed by atoms with Crippen LogP contribution in [0.4, 0.5) is 17.6 Å². The fourth-order valence-electron chi connectivity index (χ4n) is 2.54. The van der Waals surface area contributed by atoms with Crippen LogP contribution < -0.4 is 0 Å². The molecule has 1 aromatic carbocycles. The number of benzene rings is 1. The van der Waals surface area contributed by atoms with E-state index in [4.69, 9.17) is 0 Å². The summed E-state index contributed by atoms with van der Waals surface area (Å²) in [6.45, 7) is 5.73. The summed E-state index contributed by atoms with van der Waals surface area (Å²) in [5.74, 6) is -1.07. The highest BCUT2D eigenvalue weighted by atomic mass is 32.2. The van der Waals surface area contributed by atoms with Crippen LogP contribution in [0.1, 0.15) is 51.2 Å². The van der Waals surface area contributed by atoms with Crippen LogP contribution in [0, 0.1) is 0 Å². The monoisotopic (exact) mass is 361 g/mol. The molecular weight excluding hydrogens is 342 g/mol. The van der Waals surface area contributed by atoms with Crippen LogP contribution in [-0.4, -0.2) is 21.4 Å². The van der Waals surface area contributed by atoms with Crippen molar-refractivity contribution in [3.63, 3.8) is 0 Å². The van der Waals surface area contributed by atoms with Crippen LogP contribution in [0.25, 0.3) is 0 Å². The standard InChI is InChI=1S/C17H19F4NOS/c1-10(11-7-5-6-8-12(11)17(19,20)21)9-13-22-14(23)16(4,24-13)15(2,3)18/h5-8,10H,9H2,1-4H3/t10-,16-/m1/s1. The van der Waals surface area contributed by atoms with E-state index in [2.05, 4.69) is 4.99 Å². The molecule has 0 bridgehead atoms. The maximum atomic E-state index is 14.3. The van der Waals surface area contributed by atoms with Gasteiger partial charge in [-0.25, -0.2) is 9.38 Å². The first-order valence-corrected chi connectivity index (χ1v) is 8.34. The van der Waals surface area contributed by atoms with E-state index in [1.165, 1.54) is 32.9 Å². The Morgan fingerprint density at radius 2 is 1.79 bits per heavy atom. The smallest absolute Gasteiger partial charge is 0.271 e. The molecule has 2 nitrogen and oxygen atoms in total. The zero-order chi connectivity index (χ0) is 18.3. The van der Waals surface area contributed by atoms with Gasteiger partial charge in [-0.1, -0.05) is 36.9 Å². The lowest BCUT2D eigenvalue weighted by atomic mass is 9.92. The number of carbonyl (C=O) groups excluding carboxylic acids is 1. The molecule has 132 valence electrons. The van der Waals surface area contributed by atoms with E-state index in [0.29, 0.717) is 5.04 Å². The number of amides is 1. The van der Waals surface area contributed by atoms with Gasteiger partial charge >= 0.3 is 6.18 Å². The van der Waals surface area contributed by atoms with Gasteiger partial charge in [0.2, 0.25) is 0 Å². The maximum absolute atomic E-state index is 14.3. The number of alkyl halides is 4. The molecule has 7 heteroatoms. The van der Waals surface area contributed by atoms with Crippen LogP contribution in [0.3, 0.4) is 0 Å². The Bertz CT molecular complexity index is 678. The number of hydrogen-bond acceptors (Lipinski definition) is 2. The van der Waals surface area contributed by atoms with Crippen molar-refractivity contribution in [1.29, 1.82) is 0 Å². The van der Waals surface area contributed by atoms with E-state index < -0.39 is 34.0 Å². The summed E-state index contributed by atoms with van der Waals surface area (Å²) >= 11 is 1.01. The van der Waals surface area contributed by atoms with Crippen LogP contribution in [0.15, 0.2) is 29.3 Å². The molecule has 2 rings (SSSR count). The van der Waals surface area contributed by atoms with Gasteiger partial charge in [0.25, 0.3) is 5.91 Å². The SMILES string of the molecule is C[C@H](CC1=NC(=O)[C@](C)(C(C)(C)F)S1)c1ccccc1C(F)(F)F. The molecule has 1 heterocycles. The molecule has 0 fully saturated rings. The second kappa shape index (κ2) is 6.17. The van der Waals surface area contributed by atoms with E-state index in [-0.39, 0.29) is 12.0 Å². The highest BCUT2D eigenvalue weighted by Gasteiger charge is 2.53. The predicted octanol–water partition coefficient (Wildman–Crippen LogP) is 5.38. The van der Waals surface area contributed by atoms with Gasteiger partial charge in [0.1, 0.15) is 10.4 Å². The number of rotatable bonds is 4. The molecule has 24 heavy (non-hydrogen) atoms. The topological polar surface area (TPSA) is 29.4 Å². The van der Waals surface area contributed by atoms with Gasteiger partial charge in [-0.05, 0) is 38.3 Å². The number of thioether (sulfide) groups is 1. The maximum Gasteiger partial charge on any atom is 0.416 e. The number of hydrogen-bond donors (Lipinski definition) is 0. The molecule has 0 spiro atoms. The van der Waals surface area contributed by atoms with Crippen LogP contribution in [0.5, 0.6) is 0 Å². The molecule has 1 aromatic rings. The minimum Gasteiger partial charge on any atom is -0.271 e. The molecular formula is C17H19F4NOS. The van der Waals surface area contributed by atoms with E-state index in [1.807, 2.05) is 0 Å². The highest BCUT2D eigenvalue weighted by Crippen LogP contribution is 2.46. The molecule has 2 atom stereocenters. The minimum atomic E-state index is -4.44. The molecule has 0 unspecified atom stereocenters. The zero-order valence-electron chi connectivity index (χ0n) is 13.9. The van der Waals surface area contributed by atoms with Crippen molar-refractivity contribution in [3.8, 4) is 0 Å². The van der Waals surface area contributed by atoms with Crippen LogP contribution >= 0.6 is 11.8 Å². The second-order valence-electron chi connectivity index (χ2n) is 6.61. The van der Waals surface area contributed by atoms with E-state index in [0.717, 1.165) is 17.8 Å². The quantitative estimate of drug-likeness (QED) is 0.674.